The Bertz CT molecular complexity index is 1060. The monoisotopic (exact) mass is 429 g/mol. The van der Waals surface area contributed by atoms with Crippen LogP contribution in [0.2, 0.25) is 0 Å². The summed E-state index contributed by atoms with van der Waals surface area (Å²) in [5.74, 6) is 0.323. The maximum Gasteiger partial charge on any atom is 0.277 e. The summed E-state index contributed by atoms with van der Waals surface area (Å²) in [5, 5.41) is 8.87. The Morgan fingerprint density at radius 1 is 1.00 bits per heavy atom. The number of aromatic nitrogens is 2. The van der Waals surface area contributed by atoms with Crippen LogP contribution in [0, 0.1) is 0 Å². The zero-order valence-corrected chi connectivity index (χ0v) is 17.8. The largest absolute Gasteiger partial charge is 0.411 e. The molecule has 0 radical (unpaired) electrons. The lowest BCUT2D eigenvalue weighted by Gasteiger charge is -2.25. The van der Waals surface area contributed by atoms with E-state index in [1.54, 1.807) is 28.6 Å². The molecule has 2 heterocycles. The van der Waals surface area contributed by atoms with Crippen LogP contribution in [0.5, 0.6) is 0 Å². The molecule has 0 spiro atoms. The van der Waals surface area contributed by atoms with Gasteiger partial charge >= 0.3 is 0 Å². The second kappa shape index (κ2) is 8.69. The maximum absolute atomic E-state index is 12.9. The van der Waals surface area contributed by atoms with Crippen LogP contribution >= 0.6 is 11.8 Å². The van der Waals surface area contributed by atoms with E-state index < -0.39 is 10.0 Å². The van der Waals surface area contributed by atoms with Crippen LogP contribution in [0.1, 0.15) is 37.0 Å². The van der Waals surface area contributed by atoms with Gasteiger partial charge in [-0.25, -0.2) is 8.42 Å². The topological polar surface area (TPSA) is 76.3 Å². The second-order valence-corrected chi connectivity index (χ2v) is 10.3. The van der Waals surface area contributed by atoms with E-state index in [2.05, 4.69) is 29.3 Å². The number of sulfonamides is 1. The van der Waals surface area contributed by atoms with Gasteiger partial charge in [-0.3, -0.25) is 0 Å². The molecule has 29 heavy (non-hydrogen) atoms. The standard InChI is InChI=1S/C21H23N3O3S2/c1-16(17-9-4-2-5-10-17)28-21-23-22-20(27-21)18-11-8-12-19(15-18)29(25,26)24-13-6-3-7-14-24/h2,4-5,8-12,15-16H,3,6-7,13-14H2,1H3/t16-/m0/s1. The summed E-state index contributed by atoms with van der Waals surface area (Å²) in [5.41, 5.74) is 1.78. The Morgan fingerprint density at radius 2 is 1.76 bits per heavy atom. The Kier molecular flexibility index (Phi) is 6.03. The van der Waals surface area contributed by atoms with E-state index in [0.29, 0.717) is 29.8 Å². The lowest BCUT2D eigenvalue weighted by atomic mass is 10.2. The average molecular weight is 430 g/mol. The summed E-state index contributed by atoms with van der Waals surface area (Å²) in [6.07, 6.45) is 2.89. The highest BCUT2D eigenvalue weighted by Gasteiger charge is 2.26. The lowest BCUT2D eigenvalue weighted by molar-refractivity contribution is 0.346. The molecule has 0 unspecified atom stereocenters. The minimum atomic E-state index is -3.50. The van der Waals surface area contributed by atoms with Crippen molar-refractivity contribution in [3.63, 3.8) is 0 Å². The van der Waals surface area contributed by atoms with Gasteiger partial charge in [0.2, 0.25) is 15.9 Å². The molecule has 0 bridgehead atoms. The first-order chi connectivity index (χ1) is 14.0. The highest BCUT2D eigenvalue weighted by molar-refractivity contribution is 7.99. The number of hydrogen-bond donors (Lipinski definition) is 0. The molecule has 2 aromatic carbocycles. The summed E-state index contributed by atoms with van der Waals surface area (Å²) >= 11 is 1.48. The Hall–Kier alpha value is -2.16. The number of nitrogens with zero attached hydrogens (tertiary/aromatic N) is 3. The number of piperidine rings is 1. The summed E-state index contributed by atoms with van der Waals surface area (Å²) in [4.78, 5) is 0.266. The molecule has 8 heteroatoms. The van der Waals surface area contributed by atoms with Gasteiger partial charge in [0.15, 0.2) is 0 Å². The van der Waals surface area contributed by atoms with Gasteiger partial charge in [-0.05, 0) is 43.5 Å². The third-order valence-corrected chi connectivity index (χ3v) is 7.87. The van der Waals surface area contributed by atoms with Crippen molar-refractivity contribution in [1.82, 2.24) is 14.5 Å². The predicted octanol–water partition coefficient (Wildman–Crippen LogP) is 4.76. The molecule has 1 aliphatic rings. The SMILES string of the molecule is C[C@H](Sc1nnc(-c2cccc(S(=O)(=O)N3CCCCC3)c2)o1)c1ccccc1. The first-order valence-corrected chi connectivity index (χ1v) is 12.0. The second-order valence-electron chi connectivity index (χ2n) is 7.04. The van der Waals surface area contributed by atoms with Crippen molar-refractivity contribution in [3.05, 3.63) is 60.2 Å². The van der Waals surface area contributed by atoms with Crippen LogP contribution in [-0.2, 0) is 10.0 Å². The van der Waals surface area contributed by atoms with Gasteiger partial charge in [0, 0.05) is 23.9 Å². The maximum atomic E-state index is 12.9. The zero-order chi connectivity index (χ0) is 20.3. The average Bonchev–Trinajstić information content (AvgIpc) is 3.23. The Labute approximate surface area is 175 Å². The van der Waals surface area contributed by atoms with Gasteiger partial charge in [0.1, 0.15) is 0 Å². The molecular formula is C21H23N3O3S2. The van der Waals surface area contributed by atoms with E-state index in [4.69, 9.17) is 4.42 Å². The van der Waals surface area contributed by atoms with Gasteiger partial charge in [-0.2, -0.15) is 4.31 Å². The molecule has 0 aliphatic carbocycles. The van der Waals surface area contributed by atoms with Gasteiger partial charge < -0.3 is 4.42 Å². The third-order valence-electron chi connectivity index (χ3n) is 4.99. The molecule has 152 valence electrons. The fraction of sp³-hybridized carbons (Fsp3) is 0.333. The first kappa shape index (κ1) is 20.1. The molecule has 0 amide bonds. The Balaban J connectivity index is 1.53. The van der Waals surface area contributed by atoms with E-state index in [1.165, 1.54) is 17.3 Å². The van der Waals surface area contributed by atoms with Crippen molar-refractivity contribution in [2.24, 2.45) is 0 Å². The number of rotatable bonds is 6. The lowest BCUT2D eigenvalue weighted by Crippen LogP contribution is -2.35. The molecule has 6 nitrogen and oxygen atoms in total. The molecular weight excluding hydrogens is 406 g/mol. The third kappa shape index (κ3) is 4.55. The summed E-state index contributed by atoms with van der Waals surface area (Å²) in [6.45, 7) is 3.23. The van der Waals surface area contributed by atoms with E-state index in [1.807, 2.05) is 18.2 Å². The summed E-state index contributed by atoms with van der Waals surface area (Å²) < 4.78 is 33.2. The van der Waals surface area contributed by atoms with Crippen LogP contribution in [0.15, 0.2) is 69.1 Å². The highest BCUT2D eigenvalue weighted by Crippen LogP contribution is 2.35. The van der Waals surface area contributed by atoms with Crippen molar-refractivity contribution in [1.29, 1.82) is 0 Å². The van der Waals surface area contributed by atoms with Gasteiger partial charge in [0.05, 0.1) is 4.90 Å². The number of benzene rings is 2. The van der Waals surface area contributed by atoms with Gasteiger partial charge in [-0.15, -0.1) is 10.2 Å². The molecule has 1 aromatic heterocycles. The van der Waals surface area contributed by atoms with Crippen molar-refractivity contribution >= 4 is 21.8 Å². The molecule has 0 N–H and O–H groups in total. The molecule has 0 saturated carbocycles. The van der Waals surface area contributed by atoms with E-state index in [0.717, 1.165) is 19.3 Å². The minimum Gasteiger partial charge on any atom is -0.411 e. The van der Waals surface area contributed by atoms with E-state index in [-0.39, 0.29) is 10.1 Å². The first-order valence-electron chi connectivity index (χ1n) is 9.70. The summed E-state index contributed by atoms with van der Waals surface area (Å²) in [6, 6.07) is 16.8. The molecule has 1 fully saturated rings. The van der Waals surface area contributed by atoms with E-state index >= 15 is 0 Å². The highest BCUT2D eigenvalue weighted by atomic mass is 32.2. The quantitative estimate of drug-likeness (QED) is 0.526. The summed E-state index contributed by atoms with van der Waals surface area (Å²) in [7, 11) is -3.50. The smallest absolute Gasteiger partial charge is 0.277 e. The molecule has 1 atom stereocenters. The van der Waals surface area contributed by atoms with Gasteiger partial charge in [-0.1, -0.05) is 54.6 Å². The van der Waals surface area contributed by atoms with Crippen LogP contribution < -0.4 is 0 Å². The molecule has 3 aromatic rings. The predicted molar refractivity (Wildman–Crippen MR) is 113 cm³/mol. The fourth-order valence-electron chi connectivity index (χ4n) is 3.36. The molecule has 1 saturated heterocycles. The van der Waals surface area contributed by atoms with E-state index in [9.17, 15) is 8.42 Å². The van der Waals surface area contributed by atoms with Crippen LogP contribution in [-0.4, -0.2) is 36.0 Å². The molecule has 4 rings (SSSR count). The van der Waals surface area contributed by atoms with Crippen molar-refractivity contribution < 1.29 is 12.8 Å². The van der Waals surface area contributed by atoms with Crippen molar-refractivity contribution in [2.45, 2.75) is 41.6 Å². The normalized spacial score (nSPS) is 16.6. The zero-order valence-electron chi connectivity index (χ0n) is 16.2. The number of hydrogen-bond acceptors (Lipinski definition) is 6. The van der Waals surface area contributed by atoms with Crippen LogP contribution in [0.3, 0.4) is 0 Å². The van der Waals surface area contributed by atoms with Crippen LogP contribution in [0.4, 0.5) is 0 Å². The fourth-order valence-corrected chi connectivity index (χ4v) is 5.74. The van der Waals surface area contributed by atoms with Crippen molar-refractivity contribution in [3.8, 4) is 11.5 Å². The molecule has 1 aliphatic heterocycles. The Morgan fingerprint density at radius 3 is 2.52 bits per heavy atom. The van der Waals surface area contributed by atoms with Crippen molar-refractivity contribution in [2.75, 3.05) is 13.1 Å². The minimum absolute atomic E-state index is 0.162. The van der Waals surface area contributed by atoms with Crippen LogP contribution in [0.25, 0.3) is 11.5 Å². The number of thioether (sulfide) groups is 1. The van der Waals surface area contributed by atoms with Gasteiger partial charge in [0.25, 0.3) is 5.22 Å².